The molecule has 4 rings (SSSR count). The van der Waals surface area contributed by atoms with E-state index in [0.29, 0.717) is 10.7 Å². The van der Waals surface area contributed by atoms with Crippen LogP contribution >= 0.6 is 11.3 Å². The Bertz CT molecular complexity index is 1240. The Labute approximate surface area is 157 Å². The van der Waals surface area contributed by atoms with Gasteiger partial charge in [0, 0.05) is 17.7 Å². The summed E-state index contributed by atoms with van der Waals surface area (Å²) in [5.74, 6) is -1.07. The molecule has 0 amide bonds. The fourth-order valence-electron chi connectivity index (χ4n) is 2.66. The molecule has 7 heteroatoms. The molecule has 4 aromatic rings. The second-order valence-corrected chi connectivity index (χ2v) is 6.75. The van der Waals surface area contributed by atoms with Crippen molar-refractivity contribution < 1.29 is 13.9 Å². The standard InChI is InChI=1S/C20H13FN2O3S/c21-15-6-2-1-5-13(15)9-10-19(25)26-12-14-11-18(24)23-16-7-3-4-8-17(16)27-20(23)22-14/h1-11H,12H2. The largest absolute Gasteiger partial charge is 0.456 e. The molecule has 2 heterocycles. The zero-order chi connectivity index (χ0) is 18.8. The lowest BCUT2D eigenvalue weighted by Gasteiger charge is -2.02. The molecule has 2 aromatic heterocycles. The summed E-state index contributed by atoms with van der Waals surface area (Å²) >= 11 is 1.39. The van der Waals surface area contributed by atoms with E-state index in [1.54, 1.807) is 18.2 Å². The first-order valence-corrected chi connectivity index (χ1v) is 8.93. The molecule has 0 aliphatic rings. The Balaban J connectivity index is 1.52. The lowest BCUT2D eigenvalue weighted by Crippen LogP contribution is -2.15. The van der Waals surface area contributed by atoms with Gasteiger partial charge in [-0.15, -0.1) is 0 Å². The Kier molecular flexibility index (Phi) is 4.52. The molecule has 0 fully saturated rings. The van der Waals surface area contributed by atoms with Crippen LogP contribution in [0.4, 0.5) is 4.39 Å². The van der Waals surface area contributed by atoms with Gasteiger partial charge in [-0.3, -0.25) is 9.20 Å². The molecule has 0 N–H and O–H groups in total. The van der Waals surface area contributed by atoms with Crippen LogP contribution in [0.25, 0.3) is 21.3 Å². The summed E-state index contributed by atoms with van der Waals surface area (Å²) < 4.78 is 21.1. The molecule has 0 spiro atoms. The third-order valence-corrected chi connectivity index (χ3v) is 4.94. The number of benzene rings is 2. The third-order valence-electron chi connectivity index (χ3n) is 3.91. The summed E-state index contributed by atoms with van der Waals surface area (Å²) in [5.41, 5.74) is 1.22. The van der Waals surface area contributed by atoms with Crippen LogP contribution in [0, 0.1) is 5.82 Å². The predicted molar refractivity (Wildman–Crippen MR) is 102 cm³/mol. The van der Waals surface area contributed by atoms with E-state index in [1.165, 1.54) is 33.9 Å². The Morgan fingerprint density at radius 3 is 2.81 bits per heavy atom. The van der Waals surface area contributed by atoms with Crippen LogP contribution in [-0.4, -0.2) is 15.4 Å². The highest BCUT2D eigenvalue weighted by Gasteiger charge is 2.10. The van der Waals surface area contributed by atoms with Crippen LogP contribution in [0.1, 0.15) is 11.3 Å². The Hall–Kier alpha value is -3.32. The highest BCUT2D eigenvalue weighted by molar-refractivity contribution is 7.23. The molecule has 0 radical (unpaired) electrons. The Morgan fingerprint density at radius 1 is 1.19 bits per heavy atom. The smallest absolute Gasteiger partial charge is 0.331 e. The van der Waals surface area contributed by atoms with Crippen molar-refractivity contribution in [1.82, 2.24) is 9.38 Å². The zero-order valence-corrected chi connectivity index (χ0v) is 14.8. The Morgan fingerprint density at radius 2 is 1.96 bits per heavy atom. The second kappa shape index (κ2) is 7.13. The van der Waals surface area contributed by atoms with Gasteiger partial charge in [0.1, 0.15) is 12.4 Å². The molecule has 134 valence electrons. The first-order chi connectivity index (χ1) is 13.1. The van der Waals surface area contributed by atoms with Gasteiger partial charge in [-0.2, -0.15) is 0 Å². The van der Waals surface area contributed by atoms with Gasteiger partial charge in [-0.25, -0.2) is 14.2 Å². The number of rotatable bonds is 4. The molecule has 0 unspecified atom stereocenters. The van der Waals surface area contributed by atoms with E-state index in [-0.39, 0.29) is 17.7 Å². The SMILES string of the molecule is O=C(C=Cc1ccccc1F)OCc1cc(=O)n2c(n1)sc1ccccc12. The van der Waals surface area contributed by atoms with Gasteiger partial charge >= 0.3 is 5.97 Å². The lowest BCUT2D eigenvalue weighted by atomic mass is 10.2. The monoisotopic (exact) mass is 380 g/mol. The van der Waals surface area contributed by atoms with E-state index in [2.05, 4.69) is 4.98 Å². The van der Waals surface area contributed by atoms with Gasteiger partial charge in [0.15, 0.2) is 4.96 Å². The summed E-state index contributed by atoms with van der Waals surface area (Å²) in [5, 5.41) is 0. The third kappa shape index (κ3) is 3.50. The van der Waals surface area contributed by atoms with Crippen molar-refractivity contribution in [3.63, 3.8) is 0 Å². The number of fused-ring (bicyclic) bond motifs is 3. The van der Waals surface area contributed by atoms with Crippen molar-refractivity contribution in [2.75, 3.05) is 0 Å². The van der Waals surface area contributed by atoms with Crippen LogP contribution in [0.15, 0.2) is 65.5 Å². The van der Waals surface area contributed by atoms with Crippen LogP contribution in [0.5, 0.6) is 0 Å². The molecule has 0 saturated carbocycles. The number of ether oxygens (including phenoxy) is 1. The highest BCUT2D eigenvalue weighted by atomic mass is 32.1. The number of hydrogen-bond donors (Lipinski definition) is 0. The predicted octanol–water partition coefficient (Wildman–Crippen LogP) is 3.80. The minimum absolute atomic E-state index is 0.138. The van der Waals surface area contributed by atoms with Gasteiger partial charge < -0.3 is 4.74 Å². The number of nitrogens with zero attached hydrogens (tertiary/aromatic N) is 2. The topological polar surface area (TPSA) is 60.7 Å². The van der Waals surface area contributed by atoms with Gasteiger partial charge in [0.2, 0.25) is 0 Å². The molecule has 0 aliphatic carbocycles. The number of hydrogen-bond acceptors (Lipinski definition) is 5. The quantitative estimate of drug-likeness (QED) is 0.399. The minimum Gasteiger partial charge on any atom is -0.456 e. The lowest BCUT2D eigenvalue weighted by molar-refractivity contribution is -0.139. The van der Waals surface area contributed by atoms with Crippen molar-refractivity contribution >= 4 is 38.6 Å². The van der Waals surface area contributed by atoms with E-state index < -0.39 is 11.8 Å². The van der Waals surface area contributed by atoms with E-state index in [1.807, 2.05) is 24.3 Å². The molecule has 0 bridgehead atoms. The fraction of sp³-hybridized carbons (Fsp3) is 0.0500. The average molecular weight is 380 g/mol. The van der Waals surface area contributed by atoms with E-state index in [9.17, 15) is 14.0 Å². The van der Waals surface area contributed by atoms with Gasteiger partial charge in [0.25, 0.3) is 5.56 Å². The minimum atomic E-state index is -0.642. The fourth-order valence-corrected chi connectivity index (χ4v) is 3.71. The van der Waals surface area contributed by atoms with Gasteiger partial charge in [-0.05, 0) is 24.3 Å². The summed E-state index contributed by atoms with van der Waals surface area (Å²) in [4.78, 5) is 29.2. The first kappa shape index (κ1) is 17.1. The number of carbonyl (C=O) groups excluding carboxylic acids is 1. The maximum absolute atomic E-state index is 13.5. The van der Waals surface area contributed by atoms with E-state index in [0.717, 1.165) is 16.3 Å². The number of esters is 1. The van der Waals surface area contributed by atoms with Crippen molar-refractivity contribution in [2.24, 2.45) is 0 Å². The van der Waals surface area contributed by atoms with Crippen molar-refractivity contribution in [3.8, 4) is 0 Å². The van der Waals surface area contributed by atoms with E-state index in [4.69, 9.17) is 4.74 Å². The molecule has 5 nitrogen and oxygen atoms in total. The number of aromatic nitrogens is 2. The number of halogens is 1. The molecule has 0 aliphatic heterocycles. The molecular formula is C20H13FN2O3S. The average Bonchev–Trinajstić information content (AvgIpc) is 3.04. The molecule has 27 heavy (non-hydrogen) atoms. The molecule has 2 aromatic carbocycles. The first-order valence-electron chi connectivity index (χ1n) is 8.11. The summed E-state index contributed by atoms with van der Waals surface area (Å²) in [6.07, 6.45) is 2.48. The van der Waals surface area contributed by atoms with Crippen molar-refractivity contribution in [1.29, 1.82) is 0 Å². The highest BCUT2D eigenvalue weighted by Crippen LogP contribution is 2.23. The van der Waals surface area contributed by atoms with Crippen molar-refractivity contribution in [2.45, 2.75) is 6.61 Å². The van der Waals surface area contributed by atoms with E-state index >= 15 is 0 Å². The summed E-state index contributed by atoms with van der Waals surface area (Å²) in [6.45, 7) is -0.138. The van der Waals surface area contributed by atoms with Gasteiger partial charge in [-0.1, -0.05) is 41.7 Å². The second-order valence-electron chi connectivity index (χ2n) is 5.74. The van der Waals surface area contributed by atoms with Gasteiger partial charge in [0.05, 0.1) is 15.9 Å². The number of para-hydroxylation sites is 1. The molecule has 0 atom stereocenters. The maximum Gasteiger partial charge on any atom is 0.331 e. The molecular weight excluding hydrogens is 367 g/mol. The van der Waals surface area contributed by atoms with Crippen LogP contribution in [-0.2, 0) is 16.1 Å². The van der Waals surface area contributed by atoms with Crippen LogP contribution in [0.2, 0.25) is 0 Å². The number of thiazole rings is 1. The van der Waals surface area contributed by atoms with Crippen LogP contribution in [0.3, 0.4) is 0 Å². The maximum atomic E-state index is 13.5. The van der Waals surface area contributed by atoms with Crippen molar-refractivity contribution in [3.05, 3.63) is 88.1 Å². The normalized spacial score (nSPS) is 11.4. The zero-order valence-electron chi connectivity index (χ0n) is 14.0. The molecule has 0 saturated heterocycles. The summed E-state index contributed by atoms with van der Waals surface area (Å²) in [6, 6.07) is 15.0. The number of carbonyl (C=O) groups is 1. The summed E-state index contributed by atoms with van der Waals surface area (Å²) in [7, 11) is 0. The van der Waals surface area contributed by atoms with Crippen LogP contribution < -0.4 is 5.56 Å².